The molecule has 0 spiro atoms. The Hall–Kier alpha value is -2.08. The molecular weight excluding hydrogens is 270 g/mol. The molecule has 0 aliphatic heterocycles. The lowest BCUT2D eigenvalue weighted by Crippen LogP contribution is -2.38. The van der Waals surface area contributed by atoms with Crippen molar-refractivity contribution in [2.24, 2.45) is 5.73 Å². The average Bonchev–Trinajstić information content (AvgIpc) is 2.42. The molecule has 21 heavy (non-hydrogen) atoms. The van der Waals surface area contributed by atoms with Crippen LogP contribution in [0.1, 0.15) is 37.4 Å². The summed E-state index contributed by atoms with van der Waals surface area (Å²) in [5.41, 5.74) is 6.95. The average molecular weight is 293 g/mol. The van der Waals surface area contributed by atoms with Gasteiger partial charge in [-0.2, -0.15) is 0 Å². The second-order valence-electron chi connectivity index (χ2n) is 4.90. The number of nitrogens with two attached hydrogens (primary N) is 1. The number of hydrogen-bond donors (Lipinski definition) is 3. The van der Waals surface area contributed by atoms with Crippen LogP contribution in [0.2, 0.25) is 0 Å². The van der Waals surface area contributed by atoms with E-state index in [1.807, 2.05) is 30.4 Å². The molecule has 1 aromatic carbocycles. The monoisotopic (exact) mass is 293 g/mol. The van der Waals surface area contributed by atoms with Crippen molar-refractivity contribution in [1.29, 1.82) is 0 Å². The molecule has 0 saturated carbocycles. The van der Waals surface area contributed by atoms with Crippen LogP contribution in [0.25, 0.3) is 0 Å². The number of rotatable bonds is 7. The van der Waals surface area contributed by atoms with Crippen molar-refractivity contribution in [3.8, 4) is 5.75 Å². The minimum atomic E-state index is -0.883. The van der Waals surface area contributed by atoms with Gasteiger partial charge in [0.05, 0.1) is 0 Å². The Bertz CT molecular complexity index is 503. The van der Waals surface area contributed by atoms with E-state index < -0.39 is 11.9 Å². The van der Waals surface area contributed by atoms with Crippen LogP contribution >= 0.6 is 0 Å². The first-order chi connectivity index (χ1) is 9.93. The van der Waals surface area contributed by atoms with Crippen molar-refractivity contribution < 1.29 is 14.3 Å². The van der Waals surface area contributed by atoms with Crippen LogP contribution in [0.3, 0.4) is 0 Å². The molecule has 1 rings (SSSR count). The normalized spacial score (nSPS) is 11.8. The zero-order valence-corrected chi connectivity index (χ0v) is 12.7. The first-order valence-corrected chi connectivity index (χ1v) is 7.00. The molecule has 4 N–H and O–H groups in total. The van der Waals surface area contributed by atoms with Gasteiger partial charge in [0.25, 0.3) is 5.91 Å². The summed E-state index contributed by atoms with van der Waals surface area (Å²) < 4.78 is 5.38. The van der Waals surface area contributed by atoms with Gasteiger partial charge in [-0.3, -0.25) is 10.1 Å². The van der Waals surface area contributed by atoms with Gasteiger partial charge in [0.15, 0.2) is 6.61 Å². The van der Waals surface area contributed by atoms with Crippen molar-refractivity contribution in [3.63, 3.8) is 0 Å². The minimum Gasteiger partial charge on any atom is -0.483 e. The van der Waals surface area contributed by atoms with Crippen LogP contribution in [0.15, 0.2) is 18.2 Å². The zero-order valence-electron chi connectivity index (χ0n) is 12.7. The molecule has 0 heterocycles. The maximum atomic E-state index is 11.3. The van der Waals surface area contributed by atoms with E-state index in [0.29, 0.717) is 5.75 Å². The molecule has 1 aromatic rings. The largest absolute Gasteiger partial charge is 0.483 e. The summed E-state index contributed by atoms with van der Waals surface area (Å²) in [5, 5.41) is 5.36. The molecule has 116 valence electrons. The second kappa shape index (κ2) is 8.26. The first kappa shape index (κ1) is 17.0. The number of carbonyl (C=O) groups is 2. The van der Waals surface area contributed by atoms with Crippen molar-refractivity contribution in [2.75, 3.05) is 13.2 Å². The molecule has 0 aliphatic carbocycles. The molecule has 0 fully saturated rings. The van der Waals surface area contributed by atoms with Gasteiger partial charge in [-0.25, -0.2) is 4.79 Å². The number of hydrogen-bond acceptors (Lipinski definition) is 4. The summed E-state index contributed by atoms with van der Waals surface area (Å²) in [7, 11) is 0. The number of ether oxygens (including phenoxy) is 1. The number of aryl methyl sites for hydroxylation is 1. The summed E-state index contributed by atoms with van der Waals surface area (Å²) in [6.07, 6.45) is 1.08. The van der Waals surface area contributed by atoms with Crippen molar-refractivity contribution in [3.05, 3.63) is 29.3 Å². The Kier molecular flexibility index (Phi) is 6.68. The maximum absolute atomic E-state index is 11.3. The SMILES string of the molecule is CCCNC(C)c1ccc(OCC(=O)NC(N)=O)c(C)c1. The van der Waals surface area contributed by atoms with E-state index >= 15 is 0 Å². The zero-order chi connectivity index (χ0) is 15.8. The second-order valence-corrected chi connectivity index (χ2v) is 4.90. The fourth-order valence-corrected chi connectivity index (χ4v) is 1.90. The van der Waals surface area contributed by atoms with E-state index in [-0.39, 0.29) is 12.6 Å². The molecular formula is C15H23N3O3. The number of primary amides is 1. The highest BCUT2D eigenvalue weighted by Gasteiger charge is 2.09. The van der Waals surface area contributed by atoms with E-state index in [0.717, 1.165) is 24.1 Å². The number of benzene rings is 1. The smallest absolute Gasteiger partial charge is 0.318 e. The Balaban J connectivity index is 2.61. The maximum Gasteiger partial charge on any atom is 0.318 e. The van der Waals surface area contributed by atoms with Gasteiger partial charge in [-0.1, -0.05) is 19.1 Å². The van der Waals surface area contributed by atoms with E-state index in [2.05, 4.69) is 19.2 Å². The van der Waals surface area contributed by atoms with Crippen LogP contribution in [0, 0.1) is 6.92 Å². The lowest BCUT2D eigenvalue weighted by atomic mass is 10.0. The van der Waals surface area contributed by atoms with Crippen LogP contribution in [0.4, 0.5) is 4.79 Å². The molecule has 0 aromatic heterocycles. The van der Waals surface area contributed by atoms with E-state index in [1.165, 1.54) is 0 Å². The van der Waals surface area contributed by atoms with Crippen molar-refractivity contribution >= 4 is 11.9 Å². The van der Waals surface area contributed by atoms with Gasteiger partial charge in [0, 0.05) is 6.04 Å². The molecule has 3 amide bonds. The van der Waals surface area contributed by atoms with E-state index in [1.54, 1.807) is 0 Å². The first-order valence-electron chi connectivity index (χ1n) is 7.00. The van der Waals surface area contributed by atoms with Crippen molar-refractivity contribution in [1.82, 2.24) is 10.6 Å². The summed E-state index contributed by atoms with van der Waals surface area (Å²) in [4.78, 5) is 21.8. The Labute approximate surface area is 125 Å². The van der Waals surface area contributed by atoms with E-state index in [4.69, 9.17) is 10.5 Å². The summed E-state index contributed by atoms with van der Waals surface area (Å²) in [5.74, 6) is 0.0463. The van der Waals surface area contributed by atoms with Gasteiger partial charge in [-0.05, 0) is 44.0 Å². The number of carbonyl (C=O) groups excluding carboxylic acids is 2. The fraction of sp³-hybridized carbons (Fsp3) is 0.467. The number of imide groups is 1. The molecule has 0 bridgehead atoms. The van der Waals surface area contributed by atoms with Gasteiger partial charge in [0.2, 0.25) is 0 Å². The van der Waals surface area contributed by atoms with Gasteiger partial charge in [-0.15, -0.1) is 0 Å². The lowest BCUT2D eigenvalue weighted by Gasteiger charge is -2.16. The fourth-order valence-electron chi connectivity index (χ4n) is 1.90. The van der Waals surface area contributed by atoms with Gasteiger partial charge < -0.3 is 15.8 Å². The van der Waals surface area contributed by atoms with E-state index in [9.17, 15) is 9.59 Å². The van der Waals surface area contributed by atoms with Gasteiger partial charge in [0.1, 0.15) is 5.75 Å². The molecule has 1 atom stereocenters. The third kappa shape index (κ3) is 5.83. The molecule has 0 saturated heterocycles. The lowest BCUT2D eigenvalue weighted by molar-refractivity contribution is -0.121. The molecule has 6 nitrogen and oxygen atoms in total. The predicted octanol–water partition coefficient (Wildman–Crippen LogP) is 1.63. The Morgan fingerprint density at radius 2 is 2.10 bits per heavy atom. The van der Waals surface area contributed by atoms with Crippen molar-refractivity contribution in [2.45, 2.75) is 33.2 Å². The standard InChI is InChI=1S/C15H23N3O3/c1-4-7-17-11(3)12-5-6-13(10(2)8-12)21-9-14(19)18-15(16)20/h5-6,8,11,17H,4,7,9H2,1-3H3,(H3,16,18,19,20). The Morgan fingerprint density at radius 1 is 1.38 bits per heavy atom. The number of amides is 3. The number of urea groups is 1. The highest BCUT2D eigenvalue weighted by Crippen LogP contribution is 2.22. The molecule has 0 radical (unpaired) electrons. The molecule has 6 heteroatoms. The third-order valence-electron chi connectivity index (χ3n) is 3.02. The summed E-state index contributed by atoms with van der Waals surface area (Å²) in [6, 6.07) is 5.19. The van der Waals surface area contributed by atoms with Crippen LogP contribution in [-0.2, 0) is 4.79 Å². The highest BCUT2D eigenvalue weighted by molar-refractivity contribution is 5.94. The summed E-state index contributed by atoms with van der Waals surface area (Å²) in [6.45, 7) is 6.86. The van der Waals surface area contributed by atoms with Crippen LogP contribution in [-0.4, -0.2) is 25.1 Å². The summed E-state index contributed by atoms with van der Waals surface area (Å²) >= 11 is 0. The van der Waals surface area contributed by atoms with Gasteiger partial charge >= 0.3 is 6.03 Å². The molecule has 0 aliphatic rings. The van der Waals surface area contributed by atoms with Crippen LogP contribution in [0.5, 0.6) is 5.75 Å². The topological polar surface area (TPSA) is 93.4 Å². The quantitative estimate of drug-likeness (QED) is 0.712. The van der Waals surface area contributed by atoms with Crippen LogP contribution < -0.4 is 21.1 Å². The Morgan fingerprint density at radius 3 is 2.67 bits per heavy atom. The highest BCUT2D eigenvalue weighted by atomic mass is 16.5. The number of nitrogens with one attached hydrogen (secondary N) is 2. The predicted molar refractivity (Wildman–Crippen MR) is 81.1 cm³/mol. The minimum absolute atomic E-state index is 0.243. The molecule has 1 unspecified atom stereocenters. The third-order valence-corrected chi connectivity index (χ3v) is 3.02.